The van der Waals surface area contributed by atoms with E-state index in [1.54, 1.807) is 94.0 Å². The first-order valence-electron chi connectivity index (χ1n) is 12.2. The number of pyridine rings is 1. The smallest absolute Gasteiger partial charge is 0.266 e. The van der Waals surface area contributed by atoms with E-state index in [-0.39, 0.29) is 11.7 Å². The highest BCUT2D eigenvalue weighted by Crippen LogP contribution is 2.23. The summed E-state index contributed by atoms with van der Waals surface area (Å²) in [6, 6.07) is 16.9. The van der Waals surface area contributed by atoms with Crippen molar-refractivity contribution in [1.29, 1.82) is 0 Å². The lowest BCUT2D eigenvalue weighted by molar-refractivity contribution is -0.145. The molecule has 0 bridgehead atoms. The molecule has 2 heterocycles. The molecule has 198 valence electrons. The number of hydrazone groups is 1. The van der Waals surface area contributed by atoms with Crippen LogP contribution < -0.4 is 10.2 Å². The molecule has 1 aliphatic heterocycles. The molecule has 1 N–H and O–H groups in total. The van der Waals surface area contributed by atoms with Crippen LogP contribution in [0.5, 0.6) is 5.75 Å². The Morgan fingerprint density at radius 3 is 2.03 bits per heavy atom. The second-order valence-corrected chi connectivity index (χ2v) is 9.50. The second-order valence-electron chi connectivity index (χ2n) is 9.07. The Balaban J connectivity index is 0.000000427. The zero-order chi connectivity index (χ0) is 27.5. The molecule has 3 aromatic rings. The van der Waals surface area contributed by atoms with Gasteiger partial charge in [-0.1, -0.05) is 11.6 Å². The fourth-order valence-corrected chi connectivity index (χ4v) is 3.97. The first kappa shape index (κ1) is 28.5. The topological polar surface area (TPSA) is 101 Å². The normalized spacial score (nSPS) is 13.1. The number of amides is 1. The Bertz CT molecular complexity index is 1250. The Kier molecular flexibility index (Phi) is 10.1. The van der Waals surface area contributed by atoms with Crippen LogP contribution in [0, 0.1) is 0 Å². The van der Waals surface area contributed by atoms with E-state index in [2.05, 4.69) is 15.5 Å². The molecule has 1 saturated heterocycles. The Morgan fingerprint density at radius 1 is 0.974 bits per heavy atom. The van der Waals surface area contributed by atoms with Crippen LogP contribution in [0.1, 0.15) is 53.0 Å². The Labute approximate surface area is 227 Å². The highest BCUT2D eigenvalue weighted by Gasteiger charge is 2.35. The van der Waals surface area contributed by atoms with Gasteiger partial charge in [0.2, 0.25) is 0 Å². The summed E-state index contributed by atoms with van der Waals surface area (Å²) in [6.07, 6.45) is 5.48. The third kappa shape index (κ3) is 7.98. The minimum absolute atomic E-state index is 0.0627. The molecule has 0 radical (unpaired) electrons. The third-order valence-corrected chi connectivity index (χ3v) is 6.10. The number of rotatable bonds is 7. The van der Waals surface area contributed by atoms with Crippen LogP contribution in [0.15, 0.2) is 78.2 Å². The number of ether oxygens (including phenoxy) is 1. The molecule has 0 saturated carbocycles. The highest BCUT2D eigenvalue weighted by molar-refractivity contribution is 6.30. The summed E-state index contributed by atoms with van der Waals surface area (Å²) in [7, 11) is 1.77. The van der Waals surface area contributed by atoms with Crippen LogP contribution in [0.3, 0.4) is 0 Å². The molecule has 0 spiro atoms. The molecule has 0 aliphatic carbocycles. The molecule has 0 unspecified atom stereocenters. The van der Waals surface area contributed by atoms with E-state index in [0.717, 1.165) is 24.8 Å². The van der Waals surface area contributed by atoms with Gasteiger partial charge in [0.1, 0.15) is 12.0 Å². The van der Waals surface area contributed by atoms with Crippen LogP contribution in [0.4, 0.5) is 0 Å². The number of carbonyl (C=O) groups is 3. The molecule has 1 aliphatic rings. The zero-order valence-corrected chi connectivity index (χ0v) is 22.4. The molecule has 9 heteroatoms. The average Bonchev–Trinajstić information content (AvgIpc) is 2.94. The Hall–Kier alpha value is -4.04. The summed E-state index contributed by atoms with van der Waals surface area (Å²) in [5, 5.41) is 4.80. The van der Waals surface area contributed by atoms with Crippen LogP contribution >= 0.6 is 11.6 Å². The van der Waals surface area contributed by atoms with Gasteiger partial charge in [0.25, 0.3) is 5.91 Å². The molecule has 8 nitrogen and oxygen atoms in total. The number of nitrogens with one attached hydrogen (secondary N) is 1. The number of ketones is 1. The second kappa shape index (κ2) is 13.5. The molecule has 2 aromatic carbocycles. The van der Waals surface area contributed by atoms with Crippen LogP contribution in [-0.2, 0) is 4.79 Å². The van der Waals surface area contributed by atoms with Crippen molar-refractivity contribution < 1.29 is 19.1 Å². The van der Waals surface area contributed by atoms with Crippen molar-refractivity contribution in [2.24, 2.45) is 5.10 Å². The van der Waals surface area contributed by atoms with Crippen molar-refractivity contribution in [1.82, 2.24) is 15.3 Å². The van der Waals surface area contributed by atoms with Gasteiger partial charge < -0.3 is 15.1 Å². The minimum atomic E-state index is -1.01. The van der Waals surface area contributed by atoms with Crippen molar-refractivity contribution in [3.8, 4) is 5.75 Å². The van der Waals surface area contributed by atoms with E-state index in [0.29, 0.717) is 40.6 Å². The van der Waals surface area contributed by atoms with Gasteiger partial charge >= 0.3 is 0 Å². The number of aldehydes is 1. The number of piperidine rings is 1. The van der Waals surface area contributed by atoms with Gasteiger partial charge in [0.15, 0.2) is 11.4 Å². The van der Waals surface area contributed by atoms with Crippen molar-refractivity contribution in [3.63, 3.8) is 0 Å². The number of hydrogen-bond donors (Lipinski definition) is 1. The fourth-order valence-electron chi connectivity index (χ4n) is 3.84. The number of nitrogens with zero attached hydrogens (tertiary/aromatic N) is 3. The number of benzene rings is 2. The maximum absolute atomic E-state index is 13.0. The minimum Gasteiger partial charge on any atom is -0.478 e. The predicted molar refractivity (Wildman–Crippen MR) is 148 cm³/mol. The largest absolute Gasteiger partial charge is 0.478 e. The van der Waals surface area contributed by atoms with E-state index in [1.807, 2.05) is 4.90 Å². The SMILES string of the molecule is CNN=C1CCN(C(=O)C(C)(C)Oc2ccc(C(=O)c3ccc(Cl)cc3)cc2)CC1.O=Cc1ccncc1. The van der Waals surface area contributed by atoms with Crippen molar-refractivity contribution in [2.45, 2.75) is 32.3 Å². The van der Waals surface area contributed by atoms with Gasteiger partial charge in [0, 0.05) is 72.8 Å². The first-order valence-corrected chi connectivity index (χ1v) is 12.6. The fraction of sp³-hybridized carbons (Fsp3) is 0.276. The summed E-state index contributed by atoms with van der Waals surface area (Å²) in [5.41, 5.74) is 4.63. The van der Waals surface area contributed by atoms with Gasteiger partial charge in [-0.25, -0.2) is 0 Å². The van der Waals surface area contributed by atoms with Gasteiger partial charge in [0.05, 0.1) is 0 Å². The van der Waals surface area contributed by atoms with Gasteiger partial charge in [-0.15, -0.1) is 0 Å². The summed E-state index contributed by atoms with van der Waals surface area (Å²) < 4.78 is 5.98. The molecule has 4 rings (SSSR count). The lowest BCUT2D eigenvalue weighted by Crippen LogP contribution is -2.51. The number of carbonyl (C=O) groups excluding carboxylic acids is 3. The van der Waals surface area contributed by atoms with E-state index >= 15 is 0 Å². The lowest BCUT2D eigenvalue weighted by Gasteiger charge is -2.34. The summed E-state index contributed by atoms with van der Waals surface area (Å²) in [6.45, 7) is 4.78. The number of hydrogen-bond acceptors (Lipinski definition) is 7. The van der Waals surface area contributed by atoms with Gasteiger partial charge in [-0.3, -0.25) is 19.4 Å². The van der Waals surface area contributed by atoms with E-state index in [4.69, 9.17) is 16.3 Å². The van der Waals surface area contributed by atoms with Crippen LogP contribution in [0.25, 0.3) is 0 Å². The van der Waals surface area contributed by atoms with Crippen LogP contribution in [0.2, 0.25) is 5.02 Å². The van der Waals surface area contributed by atoms with Crippen molar-refractivity contribution >= 4 is 35.3 Å². The summed E-state index contributed by atoms with van der Waals surface area (Å²) >= 11 is 5.88. The van der Waals surface area contributed by atoms with E-state index < -0.39 is 5.60 Å². The van der Waals surface area contributed by atoms with Crippen molar-refractivity contribution in [3.05, 3.63) is 94.8 Å². The molecule has 1 aromatic heterocycles. The third-order valence-electron chi connectivity index (χ3n) is 5.85. The van der Waals surface area contributed by atoms with E-state index in [1.165, 1.54) is 0 Å². The molecule has 38 heavy (non-hydrogen) atoms. The van der Waals surface area contributed by atoms with E-state index in [9.17, 15) is 14.4 Å². The number of aromatic nitrogens is 1. The maximum Gasteiger partial charge on any atom is 0.266 e. The summed E-state index contributed by atoms with van der Waals surface area (Å²) in [5.74, 6) is 0.378. The van der Waals surface area contributed by atoms with Gasteiger partial charge in [-0.05, 0) is 74.5 Å². The molecular formula is C29H31ClN4O4. The molecule has 1 fully saturated rings. The molecular weight excluding hydrogens is 504 g/mol. The predicted octanol–water partition coefficient (Wildman–Crippen LogP) is 4.82. The average molecular weight is 535 g/mol. The molecule has 1 amide bonds. The number of likely N-dealkylation sites (tertiary alicyclic amines) is 1. The Morgan fingerprint density at radius 2 is 1.53 bits per heavy atom. The zero-order valence-electron chi connectivity index (χ0n) is 21.7. The lowest BCUT2D eigenvalue weighted by atomic mass is 10.0. The highest BCUT2D eigenvalue weighted by atomic mass is 35.5. The quantitative estimate of drug-likeness (QED) is 0.265. The van der Waals surface area contributed by atoms with Crippen molar-refractivity contribution in [2.75, 3.05) is 20.1 Å². The maximum atomic E-state index is 13.0. The van der Waals surface area contributed by atoms with Crippen LogP contribution in [-0.4, -0.2) is 59.3 Å². The number of halogens is 1. The first-order chi connectivity index (χ1) is 18.2. The molecule has 0 atom stereocenters. The summed E-state index contributed by atoms with van der Waals surface area (Å²) in [4.78, 5) is 41.1. The standard InChI is InChI=1S/C23H26ClN3O3.C6H5NO/c1-23(2,22(29)27-14-12-19(13-15-27)26-25-3)30-20-10-6-17(7-11-20)21(28)16-4-8-18(24)9-5-16;8-5-6-1-3-7-4-2-6/h4-11,25H,12-15H2,1-3H3;1-5H. The van der Waals surface area contributed by atoms with Gasteiger partial charge in [-0.2, -0.15) is 5.10 Å². The monoisotopic (exact) mass is 534 g/mol.